The van der Waals surface area contributed by atoms with Crippen molar-refractivity contribution in [3.8, 4) is 0 Å². The van der Waals surface area contributed by atoms with Crippen LogP contribution in [-0.4, -0.2) is 5.91 Å². The molecule has 2 rings (SSSR count). The maximum absolute atomic E-state index is 13.5. The summed E-state index contributed by atoms with van der Waals surface area (Å²) in [6, 6.07) is 8.16. The van der Waals surface area contributed by atoms with Gasteiger partial charge in [-0.2, -0.15) is 0 Å². The number of rotatable bonds is 2. The largest absolute Gasteiger partial charge is 0.321 e. The van der Waals surface area contributed by atoms with Gasteiger partial charge in [-0.15, -0.1) is 0 Å². The highest BCUT2D eigenvalue weighted by Gasteiger charge is 2.13. The lowest BCUT2D eigenvalue weighted by atomic mass is 10.2. The summed E-state index contributed by atoms with van der Waals surface area (Å²) in [5, 5.41) is 2.56. The molecule has 1 amide bonds. The Balaban J connectivity index is 2.25. The number of benzene rings is 2. The average Bonchev–Trinajstić information content (AvgIpc) is 2.32. The van der Waals surface area contributed by atoms with Crippen LogP contribution in [0.25, 0.3) is 0 Å². The maximum atomic E-state index is 13.5. The van der Waals surface area contributed by atoms with Crippen LogP contribution in [0.1, 0.15) is 10.4 Å². The molecule has 0 spiro atoms. The Morgan fingerprint density at radius 3 is 2.53 bits per heavy atom. The summed E-state index contributed by atoms with van der Waals surface area (Å²) >= 11 is 5.44. The SMILES string of the molecule is O=C(Nc1ccc(I)cc1Br)c1ccc(F)cc1F. The van der Waals surface area contributed by atoms with Crippen molar-refractivity contribution in [2.45, 2.75) is 0 Å². The molecule has 0 aliphatic heterocycles. The van der Waals surface area contributed by atoms with Gasteiger partial charge in [-0.3, -0.25) is 4.79 Å². The second-order valence-electron chi connectivity index (χ2n) is 3.70. The summed E-state index contributed by atoms with van der Waals surface area (Å²) in [6.45, 7) is 0. The fourth-order valence-corrected chi connectivity index (χ4v) is 2.85. The van der Waals surface area contributed by atoms with Crippen LogP contribution >= 0.6 is 38.5 Å². The van der Waals surface area contributed by atoms with Crippen molar-refractivity contribution >= 4 is 50.1 Å². The molecule has 0 atom stereocenters. The van der Waals surface area contributed by atoms with Crippen molar-refractivity contribution in [3.63, 3.8) is 0 Å². The molecule has 0 saturated carbocycles. The number of hydrogen-bond acceptors (Lipinski definition) is 1. The molecular formula is C13H7BrF2INO. The highest BCUT2D eigenvalue weighted by atomic mass is 127. The summed E-state index contributed by atoms with van der Waals surface area (Å²) in [4.78, 5) is 11.9. The minimum atomic E-state index is -0.890. The molecule has 0 fully saturated rings. The third-order valence-electron chi connectivity index (χ3n) is 2.36. The number of carbonyl (C=O) groups excluding carboxylic acids is 1. The van der Waals surface area contributed by atoms with Crippen molar-refractivity contribution in [2.24, 2.45) is 0 Å². The van der Waals surface area contributed by atoms with Crippen LogP contribution in [0.15, 0.2) is 40.9 Å². The molecule has 0 aliphatic carbocycles. The third-order valence-corrected chi connectivity index (χ3v) is 3.68. The number of amides is 1. The number of anilines is 1. The minimum absolute atomic E-state index is 0.202. The minimum Gasteiger partial charge on any atom is -0.321 e. The summed E-state index contributed by atoms with van der Waals surface area (Å²) in [5.74, 6) is -2.23. The van der Waals surface area contributed by atoms with E-state index in [9.17, 15) is 13.6 Å². The van der Waals surface area contributed by atoms with Crippen LogP contribution in [0.2, 0.25) is 0 Å². The predicted octanol–water partition coefficient (Wildman–Crippen LogP) is 4.58. The molecule has 98 valence electrons. The zero-order valence-corrected chi connectivity index (χ0v) is 13.1. The monoisotopic (exact) mass is 437 g/mol. The molecule has 0 bridgehead atoms. The van der Waals surface area contributed by atoms with Gasteiger partial charge in [0.15, 0.2) is 0 Å². The lowest BCUT2D eigenvalue weighted by molar-refractivity contribution is 0.102. The number of nitrogens with one attached hydrogen (secondary N) is 1. The second kappa shape index (κ2) is 5.96. The van der Waals surface area contributed by atoms with Crippen LogP contribution in [0.3, 0.4) is 0 Å². The molecule has 0 aliphatic rings. The molecule has 0 unspecified atom stereocenters. The summed E-state index contributed by atoms with van der Waals surface area (Å²) in [5.41, 5.74) is 0.320. The van der Waals surface area contributed by atoms with Gasteiger partial charge in [0.05, 0.1) is 11.3 Å². The van der Waals surface area contributed by atoms with Gasteiger partial charge in [-0.25, -0.2) is 8.78 Å². The molecule has 6 heteroatoms. The smallest absolute Gasteiger partial charge is 0.258 e. The lowest BCUT2D eigenvalue weighted by Crippen LogP contribution is -2.14. The Labute approximate surface area is 130 Å². The number of halogens is 4. The van der Waals surface area contributed by atoms with Crippen molar-refractivity contribution in [3.05, 3.63) is 61.6 Å². The van der Waals surface area contributed by atoms with Gasteiger partial charge in [-0.1, -0.05) is 0 Å². The van der Waals surface area contributed by atoms with Gasteiger partial charge in [0.2, 0.25) is 0 Å². The molecule has 19 heavy (non-hydrogen) atoms. The van der Waals surface area contributed by atoms with Crippen LogP contribution < -0.4 is 5.32 Å². The molecule has 2 aromatic carbocycles. The molecule has 0 aromatic heterocycles. The van der Waals surface area contributed by atoms with Gasteiger partial charge in [0.25, 0.3) is 5.91 Å². The summed E-state index contributed by atoms with van der Waals surface area (Å²) < 4.78 is 27.9. The van der Waals surface area contributed by atoms with E-state index < -0.39 is 17.5 Å². The second-order valence-corrected chi connectivity index (χ2v) is 5.80. The first-order valence-corrected chi connectivity index (χ1v) is 7.06. The van der Waals surface area contributed by atoms with E-state index in [0.29, 0.717) is 16.2 Å². The van der Waals surface area contributed by atoms with Crippen LogP contribution in [0.5, 0.6) is 0 Å². The topological polar surface area (TPSA) is 29.1 Å². The maximum Gasteiger partial charge on any atom is 0.258 e. The molecule has 0 heterocycles. The van der Waals surface area contributed by atoms with Crippen molar-refractivity contribution < 1.29 is 13.6 Å². The molecule has 0 radical (unpaired) electrons. The van der Waals surface area contributed by atoms with Crippen LogP contribution in [0.4, 0.5) is 14.5 Å². The zero-order valence-electron chi connectivity index (χ0n) is 9.38. The Morgan fingerprint density at radius 1 is 1.16 bits per heavy atom. The number of carbonyl (C=O) groups is 1. The molecule has 0 saturated heterocycles. The van der Waals surface area contributed by atoms with Crippen molar-refractivity contribution in [2.75, 3.05) is 5.32 Å². The molecular weight excluding hydrogens is 431 g/mol. The van der Waals surface area contributed by atoms with E-state index in [-0.39, 0.29) is 5.56 Å². The quantitative estimate of drug-likeness (QED) is 0.684. The average molecular weight is 438 g/mol. The summed E-state index contributed by atoms with van der Waals surface area (Å²) in [6.07, 6.45) is 0. The van der Waals surface area contributed by atoms with E-state index in [1.807, 2.05) is 12.1 Å². The van der Waals surface area contributed by atoms with Crippen molar-refractivity contribution in [1.82, 2.24) is 0 Å². The van der Waals surface area contributed by atoms with Gasteiger partial charge in [0.1, 0.15) is 11.6 Å². The Kier molecular flexibility index (Phi) is 4.51. The van der Waals surface area contributed by atoms with Gasteiger partial charge >= 0.3 is 0 Å². The highest BCUT2D eigenvalue weighted by molar-refractivity contribution is 14.1. The fourth-order valence-electron chi connectivity index (χ4n) is 1.45. The Bertz CT molecular complexity index is 649. The Hall–Kier alpha value is -1.02. The molecule has 2 nitrogen and oxygen atoms in total. The van der Waals surface area contributed by atoms with Crippen LogP contribution in [-0.2, 0) is 0 Å². The van der Waals surface area contributed by atoms with Crippen LogP contribution in [0, 0.1) is 15.2 Å². The van der Waals surface area contributed by atoms with Gasteiger partial charge < -0.3 is 5.32 Å². The zero-order chi connectivity index (χ0) is 14.0. The summed E-state index contributed by atoms with van der Waals surface area (Å²) in [7, 11) is 0. The van der Waals surface area contributed by atoms with E-state index in [2.05, 4.69) is 43.8 Å². The first kappa shape index (κ1) is 14.4. The third kappa shape index (κ3) is 3.50. The number of hydrogen-bond donors (Lipinski definition) is 1. The normalized spacial score (nSPS) is 10.3. The van der Waals surface area contributed by atoms with E-state index in [1.54, 1.807) is 6.07 Å². The predicted molar refractivity (Wildman–Crippen MR) is 81.2 cm³/mol. The molecule has 1 N–H and O–H groups in total. The standard InChI is InChI=1S/C13H7BrF2INO/c14-10-6-8(17)2-4-12(10)18-13(19)9-3-1-7(15)5-11(9)16/h1-6H,(H,18,19). The van der Waals surface area contributed by atoms with E-state index in [0.717, 1.165) is 15.7 Å². The lowest BCUT2D eigenvalue weighted by Gasteiger charge is -2.08. The van der Waals surface area contributed by atoms with E-state index >= 15 is 0 Å². The molecule has 2 aromatic rings. The first-order valence-electron chi connectivity index (χ1n) is 5.19. The highest BCUT2D eigenvalue weighted by Crippen LogP contribution is 2.25. The van der Waals surface area contributed by atoms with Gasteiger partial charge in [-0.05, 0) is 68.9 Å². The first-order chi connectivity index (χ1) is 8.97. The van der Waals surface area contributed by atoms with Crippen molar-refractivity contribution in [1.29, 1.82) is 0 Å². The Morgan fingerprint density at radius 2 is 1.89 bits per heavy atom. The van der Waals surface area contributed by atoms with E-state index in [1.165, 1.54) is 0 Å². The fraction of sp³-hybridized carbons (Fsp3) is 0. The van der Waals surface area contributed by atoms with Gasteiger partial charge in [0, 0.05) is 14.1 Å². The van der Waals surface area contributed by atoms with E-state index in [4.69, 9.17) is 0 Å².